The molecule has 1 aromatic carbocycles. The van der Waals surface area contributed by atoms with Gasteiger partial charge in [0.05, 0.1) is 24.7 Å². The van der Waals surface area contributed by atoms with E-state index in [1.165, 1.54) is 11.1 Å². The van der Waals surface area contributed by atoms with Gasteiger partial charge in [-0.2, -0.15) is 0 Å². The van der Waals surface area contributed by atoms with Crippen molar-refractivity contribution in [1.82, 2.24) is 26.0 Å². The molecule has 0 aliphatic carbocycles. The zero-order valence-electron chi connectivity index (χ0n) is 17.2. The third-order valence-electron chi connectivity index (χ3n) is 5.69. The third kappa shape index (κ3) is 3.88. The van der Waals surface area contributed by atoms with Crippen LogP contribution in [0.5, 0.6) is 0 Å². The quantitative estimate of drug-likeness (QED) is 0.622. The van der Waals surface area contributed by atoms with Crippen molar-refractivity contribution in [1.29, 1.82) is 0 Å². The summed E-state index contributed by atoms with van der Waals surface area (Å²) in [6, 6.07) is 8.39. The Hall–Kier alpha value is -1.51. The summed E-state index contributed by atoms with van der Waals surface area (Å²) in [6.45, 7) is 8.64. The Labute approximate surface area is 162 Å². The minimum absolute atomic E-state index is 0.0400. The molecule has 2 aliphatic heterocycles. The zero-order valence-corrected chi connectivity index (χ0v) is 17.2. The first-order chi connectivity index (χ1) is 12.6. The third-order valence-corrected chi connectivity index (χ3v) is 5.69. The molecule has 27 heavy (non-hydrogen) atoms. The molecule has 7 nitrogen and oxygen atoms in total. The van der Waals surface area contributed by atoms with Gasteiger partial charge in [0, 0.05) is 6.04 Å². The molecule has 5 unspecified atom stereocenters. The van der Waals surface area contributed by atoms with Gasteiger partial charge in [0.25, 0.3) is 0 Å². The highest BCUT2D eigenvalue weighted by atomic mass is 16.3. The summed E-state index contributed by atoms with van der Waals surface area (Å²) < 4.78 is 0. The average Bonchev–Trinajstić information content (AvgIpc) is 2.99. The van der Waals surface area contributed by atoms with E-state index in [1.54, 1.807) is 0 Å². The first kappa shape index (κ1) is 20.2. The van der Waals surface area contributed by atoms with Crippen LogP contribution in [0.15, 0.2) is 24.3 Å². The molecule has 2 fully saturated rings. The van der Waals surface area contributed by atoms with Gasteiger partial charge in [0.2, 0.25) is 5.91 Å². The van der Waals surface area contributed by atoms with Crippen LogP contribution in [0.25, 0.3) is 0 Å². The van der Waals surface area contributed by atoms with E-state index in [4.69, 9.17) is 0 Å². The number of amides is 1. The van der Waals surface area contributed by atoms with Crippen molar-refractivity contribution in [3.63, 3.8) is 0 Å². The average molecular weight is 376 g/mol. The van der Waals surface area contributed by atoms with Crippen LogP contribution in [0, 0.1) is 5.92 Å². The summed E-state index contributed by atoms with van der Waals surface area (Å²) in [4.78, 5) is 14.6. The summed E-state index contributed by atoms with van der Waals surface area (Å²) in [5.74, 6) is -0.385. The van der Waals surface area contributed by atoms with E-state index in [0.29, 0.717) is 0 Å². The first-order valence-electron chi connectivity index (χ1n) is 9.62. The topological polar surface area (TPSA) is 79.9 Å². The molecule has 1 amide bonds. The maximum atomic E-state index is 12.7. The molecule has 4 N–H and O–H groups in total. The van der Waals surface area contributed by atoms with Gasteiger partial charge in [-0.1, -0.05) is 45.0 Å². The normalized spacial score (nSPS) is 30.3. The van der Waals surface area contributed by atoms with E-state index >= 15 is 0 Å². The molecule has 2 saturated heterocycles. The maximum Gasteiger partial charge on any atom is 0.230 e. The molecule has 0 saturated carbocycles. The van der Waals surface area contributed by atoms with Crippen LogP contribution in [0.4, 0.5) is 0 Å². The minimum Gasteiger partial charge on any atom is -0.395 e. The second-order valence-corrected chi connectivity index (χ2v) is 8.89. The van der Waals surface area contributed by atoms with Crippen LogP contribution in [-0.2, 0) is 10.2 Å². The smallest absolute Gasteiger partial charge is 0.230 e. The second kappa shape index (κ2) is 7.48. The minimum atomic E-state index is -0.345. The van der Waals surface area contributed by atoms with Crippen molar-refractivity contribution in [2.75, 3.05) is 20.7 Å². The lowest BCUT2D eigenvalue weighted by atomic mass is 9.86. The Kier molecular flexibility index (Phi) is 5.61. The maximum absolute atomic E-state index is 12.7. The van der Waals surface area contributed by atoms with E-state index in [0.717, 1.165) is 0 Å². The molecule has 2 heterocycles. The molecular weight excluding hydrogens is 342 g/mol. The second-order valence-electron chi connectivity index (χ2n) is 8.89. The van der Waals surface area contributed by atoms with Gasteiger partial charge in [-0.3, -0.25) is 15.0 Å². The van der Waals surface area contributed by atoms with Crippen LogP contribution in [0.2, 0.25) is 0 Å². The molecule has 2 aliphatic rings. The number of fused-ring (bicyclic) bond motifs is 1. The highest BCUT2D eigenvalue weighted by Gasteiger charge is 2.51. The molecule has 0 spiro atoms. The molecule has 150 valence electrons. The lowest BCUT2D eigenvalue weighted by Crippen LogP contribution is -2.68. The molecule has 0 bridgehead atoms. The number of nitrogens with one attached hydrogen (secondary N) is 3. The summed E-state index contributed by atoms with van der Waals surface area (Å²) in [6.07, 6.45) is -0.434. The van der Waals surface area contributed by atoms with Crippen LogP contribution in [0.3, 0.4) is 0 Å². The molecule has 0 aromatic heterocycles. The fourth-order valence-corrected chi connectivity index (χ4v) is 3.90. The van der Waals surface area contributed by atoms with Crippen LogP contribution in [-0.4, -0.2) is 60.1 Å². The number of hydrazine groups is 1. The summed E-state index contributed by atoms with van der Waals surface area (Å²) in [5.41, 5.74) is 5.93. The van der Waals surface area contributed by atoms with E-state index in [2.05, 4.69) is 73.0 Å². The molecule has 3 rings (SSSR count). The van der Waals surface area contributed by atoms with Crippen molar-refractivity contribution in [2.45, 2.75) is 57.6 Å². The van der Waals surface area contributed by atoms with Gasteiger partial charge >= 0.3 is 0 Å². The van der Waals surface area contributed by atoms with Crippen molar-refractivity contribution in [3.8, 4) is 0 Å². The summed E-state index contributed by atoms with van der Waals surface area (Å²) in [7, 11) is 3.84. The number of rotatable bonds is 4. The van der Waals surface area contributed by atoms with E-state index < -0.39 is 0 Å². The highest BCUT2D eigenvalue weighted by Crippen LogP contribution is 2.32. The molecule has 5 atom stereocenters. The predicted octanol–water partition coefficient (Wildman–Crippen LogP) is 0.733. The largest absolute Gasteiger partial charge is 0.395 e. The Morgan fingerprint density at radius 1 is 1.22 bits per heavy atom. The fourth-order valence-electron chi connectivity index (χ4n) is 3.90. The number of aliphatic hydroxyl groups excluding tert-OH is 1. The Morgan fingerprint density at radius 2 is 1.85 bits per heavy atom. The Bertz CT molecular complexity index is 670. The molecule has 7 heteroatoms. The van der Waals surface area contributed by atoms with Crippen molar-refractivity contribution < 1.29 is 9.90 Å². The van der Waals surface area contributed by atoms with E-state index in [1.807, 2.05) is 19.0 Å². The van der Waals surface area contributed by atoms with Gasteiger partial charge in [0.15, 0.2) is 0 Å². The monoisotopic (exact) mass is 375 g/mol. The van der Waals surface area contributed by atoms with Gasteiger partial charge in [0.1, 0.15) is 6.29 Å². The van der Waals surface area contributed by atoms with Crippen molar-refractivity contribution in [3.05, 3.63) is 35.4 Å². The number of aliphatic hydroxyl groups is 1. The zero-order chi connectivity index (χ0) is 19.9. The lowest BCUT2D eigenvalue weighted by molar-refractivity contribution is -0.133. The number of hydrogen-bond donors (Lipinski definition) is 4. The fraction of sp³-hybridized carbons (Fsp3) is 0.650. The first-order valence-corrected chi connectivity index (χ1v) is 9.62. The van der Waals surface area contributed by atoms with Crippen LogP contribution < -0.4 is 16.1 Å². The molecule has 1 aromatic rings. The van der Waals surface area contributed by atoms with Gasteiger partial charge in [-0.05, 0) is 37.6 Å². The van der Waals surface area contributed by atoms with E-state index in [-0.39, 0.29) is 48.4 Å². The number of benzene rings is 1. The number of hydrogen-bond acceptors (Lipinski definition) is 6. The lowest BCUT2D eigenvalue weighted by Gasteiger charge is -2.41. The Balaban J connectivity index is 1.85. The van der Waals surface area contributed by atoms with E-state index in [9.17, 15) is 9.90 Å². The summed E-state index contributed by atoms with van der Waals surface area (Å²) >= 11 is 0. The Morgan fingerprint density at radius 3 is 2.37 bits per heavy atom. The van der Waals surface area contributed by atoms with Crippen molar-refractivity contribution >= 4 is 5.91 Å². The molecular formula is C20H33N5O2. The highest BCUT2D eigenvalue weighted by molar-refractivity contribution is 5.81. The SMILES string of the molecule is CC(c1ccc(C(C)(C)C)cc1)N1NC(CO)C2C(=O)NC(N(C)C)NC21. The van der Waals surface area contributed by atoms with Gasteiger partial charge in [-0.15, -0.1) is 0 Å². The van der Waals surface area contributed by atoms with Crippen molar-refractivity contribution in [2.24, 2.45) is 5.92 Å². The van der Waals surface area contributed by atoms with Gasteiger partial charge < -0.3 is 10.4 Å². The summed E-state index contributed by atoms with van der Waals surface area (Å²) in [5, 5.41) is 18.3. The number of carbonyl (C=O) groups is 1. The predicted molar refractivity (Wildman–Crippen MR) is 105 cm³/mol. The van der Waals surface area contributed by atoms with Gasteiger partial charge in [-0.25, -0.2) is 10.4 Å². The number of carbonyl (C=O) groups excluding carboxylic acids is 1. The standard InChI is InChI=1S/C20H33N5O2/c1-12(13-7-9-14(10-8-13)20(2,3)4)25-17-16(15(11-26)23-25)18(27)22-19(21-17)24(5)6/h7-10,12,15-17,19,21,23,26H,11H2,1-6H3,(H,22,27). The van der Waals surface area contributed by atoms with Crippen LogP contribution in [0.1, 0.15) is 44.9 Å². The van der Waals surface area contributed by atoms with Crippen LogP contribution >= 0.6 is 0 Å². The number of nitrogens with zero attached hydrogens (tertiary/aromatic N) is 2. The molecule has 0 radical (unpaired) electrons.